The molecule has 3 heteroatoms. The van der Waals surface area contributed by atoms with Crippen molar-refractivity contribution in [1.82, 2.24) is 8.80 Å². The van der Waals surface area contributed by atoms with E-state index >= 15 is 0 Å². The first-order valence-electron chi connectivity index (χ1n) is 18.2. The van der Waals surface area contributed by atoms with E-state index in [2.05, 4.69) is 214 Å². The van der Waals surface area contributed by atoms with E-state index in [0.29, 0.717) is 0 Å². The van der Waals surface area contributed by atoms with Crippen molar-refractivity contribution < 1.29 is 0 Å². The fraction of sp³-hybridized carbons (Fsp3) is 0. The molecule has 0 atom stereocenters. The van der Waals surface area contributed by atoms with Crippen LogP contribution < -0.4 is 4.90 Å². The van der Waals surface area contributed by atoms with Gasteiger partial charge in [0.05, 0.1) is 22.1 Å². The Bertz CT molecular complexity index is 2990. The Balaban J connectivity index is 1.11. The van der Waals surface area contributed by atoms with Crippen molar-refractivity contribution in [3.63, 3.8) is 0 Å². The molecule has 0 aliphatic rings. The number of anilines is 3. The van der Waals surface area contributed by atoms with Crippen LogP contribution >= 0.6 is 0 Å². The lowest BCUT2D eigenvalue weighted by atomic mass is 10.00. The summed E-state index contributed by atoms with van der Waals surface area (Å²) in [5, 5.41) is 3.87. The van der Waals surface area contributed by atoms with E-state index in [9.17, 15) is 0 Å². The van der Waals surface area contributed by atoms with Crippen molar-refractivity contribution in [2.45, 2.75) is 0 Å². The van der Waals surface area contributed by atoms with Crippen molar-refractivity contribution in [2.24, 2.45) is 0 Å². The number of hydrogen-bond donors (Lipinski definition) is 0. The molecule has 0 N–H and O–H groups in total. The second kappa shape index (κ2) is 11.7. The Kier molecular flexibility index (Phi) is 6.55. The summed E-state index contributed by atoms with van der Waals surface area (Å²) in [6.45, 7) is 0. The lowest BCUT2D eigenvalue weighted by Crippen LogP contribution is -2.10. The molecular formula is C50H33N3. The van der Waals surface area contributed by atoms with Gasteiger partial charge in [-0.05, 0) is 82.4 Å². The van der Waals surface area contributed by atoms with Crippen LogP contribution in [0.1, 0.15) is 0 Å². The van der Waals surface area contributed by atoms with Crippen LogP contribution in [0.2, 0.25) is 0 Å². The zero-order chi connectivity index (χ0) is 34.9. The quantitative estimate of drug-likeness (QED) is 0.171. The average Bonchev–Trinajstić information content (AvgIpc) is 3.87. The van der Waals surface area contributed by atoms with Crippen LogP contribution in [0.4, 0.5) is 17.1 Å². The first-order chi connectivity index (χ1) is 26.3. The van der Waals surface area contributed by atoms with Gasteiger partial charge in [0.25, 0.3) is 0 Å². The molecule has 0 saturated heterocycles. The van der Waals surface area contributed by atoms with Gasteiger partial charge in [-0.15, -0.1) is 0 Å². The zero-order valence-electron chi connectivity index (χ0n) is 28.9. The number of rotatable bonds is 6. The van der Waals surface area contributed by atoms with Gasteiger partial charge < -0.3 is 4.90 Å². The van der Waals surface area contributed by atoms with Crippen LogP contribution in [0, 0.1) is 0 Å². The van der Waals surface area contributed by atoms with Gasteiger partial charge in [0.15, 0.2) is 0 Å². The predicted octanol–water partition coefficient (Wildman–Crippen LogP) is 13.6. The Morgan fingerprint density at radius 2 is 0.811 bits per heavy atom. The number of nitrogens with zero attached hydrogens (tertiary/aromatic N) is 3. The number of para-hydroxylation sites is 4. The van der Waals surface area contributed by atoms with Crippen LogP contribution in [0.5, 0.6) is 0 Å². The maximum Gasteiger partial charge on any atom is 0.131 e. The van der Waals surface area contributed by atoms with E-state index in [-0.39, 0.29) is 0 Å². The summed E-state index contributed by atoms with van der Waals surface area (Å²) in [5.41, 5.74) is 16.7. The van der Waals surface area contributed by atoms with Crippen molar-refractivity contribution in [3.8, 4) is 33.4 Å². The molecule has 3 nitrogen and oxygen atoms in total. The number of imidazole rings is 1. The largest absolute Gasteiger partial charge is 0.310 e. The molecule has 0 aliphatic carbocycles. The molecule has 3 aromatic heterocycles. The standard InChI is InChI=1S/C50H33N3/c1-3-13-34(14-4-1)36-25-29-39(30-26-36)51(40-31-27-37(28-32-40)35-15-5-2-6-16-35)41-18-11-17-38(33-41)42-20-12-21-44-48-43-19-7-8-22-45(43)52-46-23-9-10-24-47(46)53(49(42)44)50(48)52/h1-33H. The zero-order valence-corrected chi connectivity index (χ0v) is 28.9. The molecule has 8 aromatic carbocycles. The minimum absolute atomic E-state index is 1.10. The van der Waals surface area contributed by atoms with Gasteiger partial charge in [-0.1, -0.05) is 146 Å². The minimum Gasteiger partial charge on any atom is -0.310 e. The molecule has 0 bridgehead atoms. The topological polar surface area (TPSA) is 12.1 Å². The van der Waals surface area contributed by atoms with Crippen LogP contribution in [-0.2, 0) is 0 Å². The summed E-state index contributed by atoms with van der Waals surface area (Å²) in [6, 6.07) is 72.5. The number of fused-ring (bicyclic) bond motifs is 9. The summed E-state index contributed by atoms with van der Waals surface area (Å²) >= 11 is 0. The van der Waals surface area contributed by atoms with E-state index in [1.807, 2.05) is 0 Å². The maximum absolute atomic E-state index is 2.49. The number of hydrogen-bond acceptors (Lipinski definition) is 1. The first kappa shape index (κ1) is 29.6. The molecule has 0 radical (unpaired) electrons. The van der Waals surface area contributed by atoms with Crippen LogP contribution in [0.15, 0.2) is 200 Å². The average molecular weight is 676 g/mol. The molecule has 0 unspecified atom stereocenters. The van der Waals surface area contributed by atoms with Crippen LogP contribution in [0.25, 0.3) is 77.3 Å². The molecular weight excluding hydrogens is 643 g/mol. The second-order valence-electron chi connectivity index (χ2n) is 13.8. The Hall–Kier alpha value is -7.10. The normalized spacial score (nSPS) is 11.8. The van der Waals surface area contributed by atoms with Crippen molar-refractivity contribution in [3.05, 3.63) is 200 Å². The molecule has 11 aromatic rings. The summed E-state index contributed by atoms with van der Waals surface area (Å²) in [4.78, 5) is 2.37. The van der Waals surface area contributed by atoms with E-state index in [4.69, 9.17) is 0 Å². The Labute approximate surface area is 307 Å². The van der Waals surface area contributed by atoms with Crippen LogP contribution in [-0.4, -0.2) is 8.80 Å². The van der Waals surface area contributed by atoms with E-state index in [0.717, 1.165) is 17.1 Å². The van der Waals surface area contributed by atoms with Crippen molar-refractivity contribution in [2.75, 3.05) is 4.90 Å². The lowest BCUT2D eigenvalue weighted by molar-refractivity contribution is 1.28. The monoisotopic (exact) mass is 675 g/mol. The van der Waals surface area contributed by atoms with E-state index < -0.39 is 0 Å². The summed E-state index contributed by atoms with van der Waals surface area (Å²) in [5.74, 6) is 0. The second-order valence-corrected chi connectivity index (χ2v) is 13.8. The van der Waals surface area contributed by atoms with Gasteiger partial charge in [0.1, 0.15) is 5.65 Å². The third kappa shape index (κ3) is 4.54. The fourth-order valence-corrected chi connectivity index (χ4v) is 8.48. The Morgan fingerprint density at radius 3 is 1.45 bits per heavy atom. The fourth-order valence-electron chi connectivity index (χ4n) is 8.48. The predicted molar refractivity (Wildman–Crippen MR) is 223 cm³/mol. The molecule has 248 valence electrons. The van der Waals surface area contributed by atoms with Gasteiger partial charge in [-0.2, -0.15) is 0 Å². The molecule has 3 heterocycles. The van der Waals surface area contributed by atoms with Gasteiger partial charge in [0, 0.05) is 38.8 Å². The SMILES string of the molecule is c1ccc(-c2ccc(N(c3ccc(-c4ccccc4)cc3)c3cccc(-c4cccc5c6c7ccccc7n7c8ccccc8n(c45)c67)c3)cc2)cc1. The van der Waals surface area contributed by atoms with E-state index in [1.165, 1.54) is 77.3 Å². The van der Waals surface area contributed by atoms with Gasteiger partial charge >= 0.3 is 0 Å². The van der Waals surface area contributed by atoms with Crippen LogP contribution in [0.3, 0.4) is 0 Å². The molecule has 0 amide bonds. The highest BCUT2D eigenvalue weighted by molar-refractivity contribution is 6.25. The smallest absolute Gasteiger partial charge is 0.131 e. The molecule has 0 spiro atoms. The summed E-state index contributed by atoms with van der Waals surface area (Å²) in [7, 11) is 0. The molecule has 11 rings (SSSR count). The van der Waals surface area contributed by atoms with E-state index in [1.54, 1.807) is 0 Å². The number of aromatic nitrogens is 2. The maximum atomic E-state index is 2.49. The third-order valence-electron chi connectivity index (χ3n) is 10.8. The van der Waals surface area contributed by atoms with Crippen molar-refractivity contribution >= 4 is 60.9 Å². The Morgan fingerprint density at radius 1 is 0.321 bits per heavy atom. The molecule has 0 fully saturated rings. The molecule has 0 saturated carbocycles. The molecule has 0 aliphatic heterocycles. The lowest BCUT2D eigenvalue weighted by Gasteiger charge is -2.26. The highest BCUT2D eigenvalue weighted by Crippen LogP contribution is 2.45. The van der Waals surface area contributed by atoms with Gasteiger partial charge in [-0.3, -0.25) is 8.80 Å². The van der Waals surface area contributed by atoms with Gasteiger partial charge in [0.2, 0.25) is 0 Å². The minimum atomic E-state index is 1.10. The highest BCUT2D eigenvalue weighted by atomic mass is 15.1. The number of benzene rings is 8. The van der Waals surface area contributed by atoms with Crippen molar-refractivity contribution in [1.29, 1.82) is 0 Å². The summed E-state index contributed by atoms with van der Waals surface area (Å²) in [6.07, 6.45) is 0. The molecule has 53 heavy (non-hydrogen) atoms. The first-order valence-corrected chi connectivity index (χ1v) is 18.2. The third-order valence-corrected chi connectivity index (χ3v) is 10.8. The summed E-state index contributed by atoms with van der Waals surface area (Å²) < 4.78 is 4.94. The highest BCUT2D eigenvalue weighted by Gasteiger charge is 2.24. The van der Waals surface area contributed by atoms with Gasteiger partial charge in [-0.25, -0.2) is 0 Å².